The Morgan fingerprint density at radius 3 is 2.29 bits per heavy atom. The average molecular weight is 228 g/mol. The van der Waals surface area contributed by atoms with Crippen molar-refractivity contribution in [2.45, 2.75) is 13.0 Å². The molecule has 1 unspecified atom stereocenters. The second kappa shape index (κ2) is 3.45. The van der Waals surface area contributed by atoms with Gasteiger partial charge < -0.3 is 10.2 Å². The van der Waals surface area contributed by atoms with Crippen LogP contribution in [0.15, 0.2) is 34.3 Å². The first kappa shape index (κ1) is 10.1. The lowest BCUT2D eigenvalue weighted by atomic mass is 10.1. The van der Waals surface area contributed by atoms with E-state index in [-0.39, 0.29) is 17.5 Å². The van der Waals surface area contributed by atoms with E-state index < -0.39 is 0 Å². The summed E-state index contributed by atoms with van der Waals surface area (Å²) in [5, 5.41) is 22.3. The van der Waals surface area contributed by atoms with Gasteiger partial charge in [0.05, 0.1) is 12.6 Å². The van der Waals surface area contributed by atoms with Crippen LogP contribution >= 0.6 is 0 Å². The third-order valence-electron chi connectivity index (χ3n) is 2.97. The van der Waals surface area contributed by atoms with Gasteiger partial charge in [0.2, 0.25) is 0 Å². The van der Waals surface area contributed by atoms with Gasteiger partial charge in [-0.05, 0) is 6.92 Å². The van der Waals surface area contributed by atoms with Crippen molar-refractivity contribution in [3.05, 3.63) is 35.0 Å². The molecule has 0 aliphatic carbocycles. The number of rotatable bonds is 0. The lowest BCUT2D eigenvalue weighted by Gasteiger charge is -2.11. The second-order valence-corrected chi connectivity index (χ2v) is 4.26. The summed E-state index contributed by atoms with van der Waals surface area (Å²) in [5.41, 5.74) is 0. The van der Waals surface area contributed by atoms with Crippen LogP contribution in [0.3, 0.4) is 0 Å². The highest BCUT2D eigenvalue weighted by molar-refractivity contribution is 5.92. The van der Waals surface area contributed by atoms with Crippen molar-refractivity contribution in [3.63, 3.8) is 0 Å². The Bertz CT molecular complexity index is 722. The highest BCUT2D eigenvalue weighted by Gasteiger charge is 2.15. The molecule has 17 heavy (non-hydrogen) atoms. The Hall–Kier alpha value is -2.10. The Labute approximate surface area is 97.6 Å². The Kier molecular flexibility index (Phi) is 2.04. The van der Waals surface area contributed by atoms with Crippen LogP contribution in [0.25, 0.3) is 10.8 Å². The van der Waals surface area contributed by atoms with Gasteiger partial charge in [0.15, 0.2) is 11.5 Å². The zero-order chi connectivity index (χ0) is 12.0. The van der Waals surface area contributed by atoms with Crippen molar-refractivity contribution in [2.75, 3.05) is 6.54 Å². The lowest BCUT2D eigenvalue weighted by Crippen LogP contribution is -2.33. The topological polar surface area (TPSA) is 65.2 Å². The number of hydrogen-bond acceptors (Lipinski definition) is 4. The molecule has 0 bridgehead atoms. The van der Waals surface area contributed by atoms with Crippen molar-refractivity contribution in [1.29, 1.82) is 0 Å². The largest absolute Gasteiger partial charge is 0.505 e. The Morgan fingerprint density at radius 2 is 1.65 bits per heavy atom. The van der Waals surface area contributed by atoms with Crippen molar-refractivity contribution >= 4 is 10.8 Å². The zero-order valence-electron chi connectivity index (χ0n) is 9.38. The van der Waals surface area contributed by atoms with E-state index in [1.807, 2.05) is 19.1 Å². The number of aromatic hydroxyl groups is 2. The quantitative estimate of drug-likeness (QED) is 0.658. The standard InChI is InChI=1S/C13H12N2O2/c1-7-6-14-10-11(15-7)13(17)9-5-3-2-4-8(9)12(10)16/h2-5,7,16-17H,6H2,1H3. The van der Waals surface area contributed by atoms with E-state index in [0.717, 1.165) is 0 Å². The molecule has 1 heterocycles. The molecule has 3 rings (SSSR count). The van der Waals surface area contributed by atoms with E-state index >= 15 is 0 Å². The third-order valence-corrected chi connectivity index (χ3v) is 2.97. The predicted molar refractivity (Wildman–Crippen MR) is 63.9 cm³/mol. The van der Waals surface area contributed by atoms with Crippen LogP contribution < -0.4 is 10.7 Å². The van der Waals surface area contributed by atoms with Crippen LogP contribution in [0.5, 0.6) is 11.5 Å². The minimum Gasteiger partial charge on any atom is -0.505 e. The summed E-state index contributed by atoms with van der Waals surface area (Å²) in [7, 11) is 0. The predicted octanol–water partition coefficient (Wildman–Crippen LogP) is 0.892. The van der Waals surface area contributed by atoms with Gasteiger partial charge in [0.25, 0.3) is 0 Å². The van der Waals surface area contributed by atoms with E-state index in [1.165, 1.54) is 0 Å². The van der Waals surface area contributed by atoms with E-state index in [9.17, 15) is 10.2 Å². The zero-order valence-corrected chi connectivity index (χ0v) is 9.38. The molecule has 2 aromatic rings. The van der Waals surface area contributed by atoms with Crippen LogP contribution in [-0.4, -0.2) is 22.8 Å². The van der Waals surface area contributed by atoms with Gasteiger partial charge in [0, 0.05) is 10.8 Å². The van der Waals surface area contributed by atoms with Gasteiger partial charge in [-0.3, -0.25) is 9.98 Å². The highest BCUT2D eigenvalue weighted by Crippen LogP contribution is 2.25. The van der Waals surface area contributed by atoms with Crippen molar-refractivity contribution in [2.24, 2.45) is 9.98 Å². The van der Waals surface area contributed by atoms with Gasteiger partial charge in [-0.2, -0.15) is 0 Å². The van der Waals surface area contributed by atoms with Crippen LogP contribution in [-0.2, 0) is 0 Å². The smallest absolute Gasteiger partial charge is 0.151 e. The monoisotopic (exact) mass is 228 g/mol. The third kappa shape index (κ3) is 1.37. The Balaban J connectivity index is 2.60. The second-order valence-electron chi connectivity index (χ2n) is 4.26. The average Bonchev–Trinajstić information content (AvgIpc) is 2.36. The molecule has 0 fully saturated rings. The fourth-order valence-electron chi connectivity index (χ4n) is 2.13. The number of hydrogen-bond donors (Lipinski definition) is 2. The summed E-state index contributed by atoms with van der Waals surface area (Å²) in [6.07, 6.45) is 0. The van der Waals surface area contributed by atoms with Crippen molar-refractivity contribution < 1.29 is 10.2 Å². The van der Waals surface area contributed by atoms with E-state index in [1.54, 1.807) is 12.1 Å². The fraction of sp³-hybridized carbons (Fsp3) is 0.231. The van der Waals surface area contributed by atoms with E-state index in [0.29, 0.717) is 28.0 Å². The molecule has 1 atom stereocenters. The molecule has 1 aliphatic heterocycles. The maximum absolute atomic E-state index is 10.2. The van der Waals surface area contributed by atoms with Gasteiger partial charge in [-0.25, -0.2) is 0 Å². The SMILES string of the molecule is CC1CN=c2c(O)c3ccccc3c(O)c2=N1. The molecule has 2 aromatic carbocycles. The normalized spacial score (nSPS) is 18.3. The molecule has 0 spiro atoms. The summed E-state index contributed by atoms with van der Waals surface area (Å²) in [6.45, 7) is 2.47. The first-order valence-electron chi connectivity index (χ1n) is 5.53. The van der Waals surface area contributed by atoms with Crippen LogP contribution in [0.4, 0.5) is 0 Å². The molecule has 4 nitrogen and oxygen atoms in total. The minimum absolute atomic E-state index is 0.0361. The van der Waals surface area contributed by atoms with Crippen molar-refractivity contribution in [3.8, 4) is 11.5 Å². The molecule has 1 aliphatic rings. The van der Waals surface area contributed by atoms with Crippen LogP contribution in [0.2, 0.25) is 0 Å². The molecule has 4 heteroatoms. The lowest BCUT2D eigenvalue weighted by molar-refractivity contribution is 0.450. The molecule has 86 valence electrons. The fourth-order valence-corrected chi connectivity index (χ4v) is 2.13. The van der Waals surface area contributed by atoms with Gasteiger partial charge in [-0.1, -0.05) is 24.3 Å². The maximum atomic E-state index is 10.2. The Morgan fingerprint density at radius 1 is 1.06 bits per heavy atom. The highest BCUT2D eigenvalue weighted by atomic mass is 16.3. The molecule has 0 aromatic heterocycles. The summed E-state index contributed by atoms with van der Waals surface area (Å²) < 4.78 is 0. The van der Waals surface area contributed by atoms with Gasteiger partial charge in [-0.15, -0.1) is 0 Å². The first-order chi connectivity index (χ1) is 8.18. The molecule has 0 saturated carbocycles. The molecular weight excluding hydrogens is 216 g/mol. The minimum atomic E-state index is 0.0361. The number of fused-ring (bicyclic) bond motifs is 2. The summed E-state index contributed by atoms with van der Waals surface area (Å²) in [6, 6.07) is 7.19. The first-order valence-corrected chi connectivity index (χ1v) is 5.53. The summed E-state index contributed by atoms with van der Waals surface area (Å²) in [4.78, 5) is 8.63. The molecule has 0 saturated heterocycles. The summed E-state index contributed by atoms with van der Waals surface area (Å²) >= 11 is 0. The van der Waals surface area contributed by atoms with Gasteiger partial charge >= 0.3 is 0 Å². The van der Waals surface area contributed by atoms with Gasteiger partial charge in [0.1, 0.15) is 10.7 Å². The number of phenolic OH excluding ortho intramolecular Hbond substituents is 2. The van der Waals surface area contributed by atoms with E-state index in [4.69, 9.17) is 0 Å². The molecule has 2 N–H and O–H groups in total. The van der Waals surface area contributed by atoms with Crippen molar-refractivity contribution in [1.82, 2.24) is 0 Å². The number of benzene rings is 2. The number of nitrogens with zero attached hydrogens (tertiary/aromatic N) is 2. The summed E-state index contributed by atoms with van der Waals surface area (Å²) in [5.74, 6) is 0.202. The van der Waals surface area contributed by atoms with Crippen LogP contribution in [0, 0.1) is 0 Å². The molecule has 0 radical (unpaired) electrons. The van der Waals surface area contributed by atoms with E-state index in [2.05, 4.69) is 9.98 Å². The van der Waals surface area contributed by atoms with Crippen LogP contribution in [0.1, 0.15) is 6.92 Å². The molecule has 0 amide bonds. The number of phenols is 2. The molecular formula is C13H12N2O2. The maximum Gasteiger partial charge on any atom is 0.151 e.